The molecule has 52 heavy (non-hydrogen) atoms. The number of alkyl halides is 6. The van der Waals surface area contributed by atoms with E-state index in [2.05, 4.69) is 9.47 Å². The van der Waals surface area contributed by atoms with E-state index in [0.29, 0.717) is 39.8 Å². The fourth-order valence-corrected chi connectivity index (χ4v) is 5.57. The fourth-order valence-electron chi connectivity index (χ4n) is 5.10. The molecule has 0 aliphatic carbocycles. The number of nitrogen functional groups attached to an aromatic ring is 1. The van der Waals surface area contributed by atoms with Crippen LogP contribution >= 0.6 is 23.2 Å². The lowest BCUT2D eigenvalue weighted by atomic mass is 9.78. The topological polar surface area (TPSA) is 106 Å². The predicted octanol–water partition coefficient (Wildman–Crippen LogP) is 11.4. The maximum absolute atomic E-state index is 12.6. The first kappa shape index (κ1) is 41.9. The van der Waals surface area contributed by atoms with Gasteiger partial charge in [-0.1, -0.05) is 50.9 Å². The van der Waals surface area contributed by atoms with Crippen LogP contribution in [0.3, 0.4) is 0 Å². The predicted molar refractivity (Wildman–Crippen MR) is 187 cm³/mol. The van der Waals surface area contributed by atoms with Crippen LogP contribution in [0.25, 0.3) is 0 Å². The minimum Gasteiger partial charge on any atom is -0.494 e. The molecule has 282 valence electrons. The van der Waals surface area contributed by atoms with E-state index < -0.39 is 34.2 Å². The molecule has 8 nitrogen and oxygen atoms in total. The molecule has 0 saturated heterocycles. The molecule has 4 rings (SSSR count). The highest BCUT2D eigenvalue weighted by molar-refractivity contribution is 6.31. The second kappa shape index (κ2) is 16.4. The summed E-state index contributed by atoms with van der Waals surface area (Å²) in [6.07, 6.45) is -9.65. The van der Waals surface area contributed by atoms with Crippen LogP contribution in [0.2, 0.25) is 10.0 Å². The molecule has 0 atom stereocenters. The maximum atomic E-state index is 12.6. The zero-order chi connectivity index (χ0) is 39.2. The number of halogens is 8. The molecule has 0 aliphatic rings. The molecule has 4 aromatic carbocycles. The number of nitrogens with two attached hydrogens (primary N) is 1. The highest BCUT2D eigenvalue weighted by Crippen LogP contribution is 2.41. The van der Waals surface area contributed by atoms with Crippen LogP contribution in [0, 0.1) is 10.1 Å². The van der Waals surface area contributed by atoms with Crippen molar-refractivity contribution in [3.8, 4) is 23.0 Å². The normalized spacial score (nSPS) is 12.0. The maximum Gasteiger partial charge on any atom is 0.573 e. The molecule has 2 N–H and O–H groups in total. The van der Waals surface area contributed by atoms with Gasteiger partial charge in [-0.25, -0.2) is 0 Å². The molecule has 0 radical (unpaired) electrons. The van der Waals surface area contributed by atoms with Crippen LogP contribution in [0.5, 0.6) is 23.0 Å². The van der Waals surface area contributed by atoms with Crippen molar-refractivity contribution in [2.24, 2.45) is 0 Å². The van der Waals surface area contributed by atoms with E-state index in [1.165, 1.54) is 36.4 Å². The smallest absolute Gasteiger partial charge is 0.494 e. The number of anilines is 1. The lowest BCUT2D eigenvalue weighted by Gasteiger charge is -2.28. The zero-order valence-corrected chi connectivity index (χ0v) is 30.4. The standard InChI is InChI=1S/C18H17ClF3NO4.C18H19ClF3NO2/c1-4-26-15-7-12(8-16(10-15)27-18(20,21)22)17(2,3)11-5-13(19)9-14(6-11)23(24)25;1-4-24-15-7-12(8-16(10-15)25-18(20,21)22)17(2,3)11-5-13(19)9-14(23)6-11/h5-10H,4H2,1-3H3;5-10H,4,23H2,1-3H3. The third kappa shape index (κ3) is 11.7. The minimum absolute atomic E-state index is 0.153. The van der Waals surface area contributed by atoms with Crippen molar-refractivity contribution in [3.63, 3.8) is 0 Å². The van der Waals surface area contributed by atoms with Gasteiger partial charge < -0.3 is 24.7 Å². The van der Waals surface area contributed by atoms with Gasteiger partial charge in [0.2, 0.25) is 0 Å². The first-order valence-electron chi connectivity index (χ1n) is 15.5. The van der Waals surface area contributed by atoms with Gasteiger partial charge in [-0.05, 0) is 84.6 Å². The Morgan fingerprint density at radius 3 is 1.33 bits per heavy atom. The van der Waals surface area contributed by atoms with Crippen molar-refractivity contribution in [2.75, 3.05) is 18.9 Å². The summed E-state index contributed by atoms with van der Waals surface area (Å²) in [7, 11) is 0. The van der Waals surface area contributed by atoms with E-state index in [-0.39, 0.29) is 28.8 Å². The van der Waals surface area contributed by atoms with Crippen LogP contribution in [0.15, 0.2) is 72.8 Å². The van der Waals surface area contributed by atoms with E-state index in [1.54, 1.807) is 58.0 Å². The molecule has 0 aromatic heterocycles. The Morgan fingerprint density at radius 2 is 0.962 bits per heavy atom. The molecule has 0 fully saturated rings. The Balaban J connectivity index is 0.000000281. The molecule has 0 aliphatic heterocycles. The van der Waals surface area contributed by atoms with Gasteiger partial charge in [-0.15, -0.1) is 26.3 Å². The SMILES string of the molecule is CCOc1cc(OC(F)(F)F)cc(C(C)(C)c2cc(Cl)cc([N+](=O)[O-])c2)c1.CCOc1cc(OC(F)(F)F)cc(C(C)(C)c2cc(N)cc(Cl)c2)c1. The van der Waals surface area contributed by atoms with Crippen LogP contribution in [0.1, 0.15) is 63.8 Å². The number of nitrogens with zero attached hydrogens (tertiary/aromatic N) is 1. The quantitative estimate of drug-likeness (QED) is 0.0699. The van der Waals surface area contributed by atoms with Gasteiger partial charge >= 0.3 is 12.7 Å². The van der Waals surface area contributed by atoms with Gasteiger partial charge in [0.25, 0.3) is 5.69 Å². The number of hydrogen-bond donors (Lipinski definition) is 1. The summed E-state index contributed by atoms with van der Waals surface area (Å²) >= 11 is 12.0. The number of non-ortho nitro benzene ring substituents is 1. The molecule has 0 spiro atoms. The van der Waals surface area contributed by atoms with Crippen LogP contribution in [0.4, 0.5) is 37.7 Å². The third-order valence-corrected chi connectivity index (χ3v) is 8.19. The Bertz CT molecular complexity index is 1860. The Labute approximate surface area is 306 Å². The molecular formula is C36H36Cl2F6N2O6. The van der Waals surface area contributed by atoms with Crippen molar-refractivity contribution in [3.05, 3.63) is 115 Å². The summed E-state index contributed by atoms with van der Waals surface area (Å²) in [6.45, 7) is 11.2. The van der Waals surface area contributed by atoms with Crippen molar-refractivity contribution in [1.29, 1.82) is 0 Å². The molecule has 16 heteroatoms. The van der Waals surface area contributed by atoms with Gasteiger partial charge in [-0.3, -0.25) is 10.1 Å². The van der Waals surface area contributed by atoms with Crippen molar-refractivity contribution >= 4 is 34.6 Å². The van der Waals surface area contributed by atoms with E-state index in [4.69, 9.17) is 38.4 Å². The molecule has 0 amide bonds. The van der Waals surface area contributed by atoms with Crippen molar-refractivity contribution in [2.45, 2.75) is 65.1 Å². The summed E-state index contributed by atoms with van der Waals surface area (Å²) in [5.74, 6) is -0.286. The Morgan fingerprint density at radius 1 is 0.596 bits per heavy atom. The largest absolute Gasteiger partial charge is 0.573 e. The molecule has 0 saturated carbocycles. The molecule has 4 aromatic rings. The second-order valence-corrected chi connectivity index (χ2v) is 13.2. The minimum atomic E-state index is -4.86. The third-order valence-electron chi connectivity index (χ3n) is 7.75. The Hall–Kier alpha value is -4.56. The summed E-state index contributed by atoms with van der Waals surface area (Å²) in [6, 6.07) is 17.3. The molecule has 0 bridgehead atoms. The highest BCUT2D eigenvalue weighted by atomic mass is 35.5. The summed E-state index contributed by atoms with van der Waals surface area (Å²) in [4.78, 5) is 10.5. The van der Waals surface area contributed by atoms with Gasteiger partial charge in [0.05, 0.1) is 18.1 Å². The van der Waals surface area contributed by atoms with Gasteiger partial charge in [-0.2, -0.15) is 0 Å². The lowest BCUT2D eigenvalue weighted by molar-refractivity contribution is -0.384. The fraction of sp³-hybridized carbons (Fsp3) is 0.333. The number of hydrogen-bond acceptors (Lipinski definition) is 7. The zero-order valence-electron chi connectivity index (χ0n) is 28.8. The van der Waals surface area contributed by atoms with E-state index in [9.17, 15) is 36.5 Å². The van der Waals surface area contributed by atoms with Crippen molar-refractivity contribution < 1.29 is 50.2 Å². The van der Waals surface area contributed by atoms with Gasteiger partial charge in [0.1, 0.15) is 23.0 Å². The average molecular weight is 778 g/mol. The number of nitro benzene ring substituents is 1. The van der Waals surface area contributed by atoms with Crippen LogP contribution < -0.4 is 24.7 Å². The van der Waals surface area contributed by atoms with E-state index in [1.807, 2.05) is 13.8 Å². The number of benzene rings is 4. The summed E-state index contributed by atoms with van der Waals surface area (Å²) in [5, 5.41) is 11.7. The highest BCUT2D eigenvalue weighted by Gasteiger charge is 2.34. The summed E-state index contributed by atoms with van der Waals surface area (Å²) in [5.41, 5.74) is 6.76. The average Bonchev–Trinajstić information content (AvgIpc) is 2.99. The molecule has 0 unspecified atom stereocenters. The van der Waals surface area contributed by atoms with Gasteiger partial charge in [0, 0.05) is 50.8 Å². The Kier molecular flexibility index (Phi) is 13.2. The lowest BCUT2D eigenvalue weighted by Crippen LogP contribution is -2.21. The van der Waals surface area contributed by atoms with E-state index in [0.717, 1.165) is 11.6 Å². The van der Waals surface area contributed by atoms with Crippen LogP contribution in [-0.4, -0.2) is 30.9 Å². The first-order valence-corrected chi connectivity index (χ1v) is 16.3. The van der Waals surface area contributed by atoms with Crippen LogP contribution in [-0.2, 0) is 10.8 Å². The molecule has 0 heterocycles. The first-order chi connectivity index (χ1) is 23.9. The van der Waals surface area contributed by atoms with E-state index >= 15 is 0 Å². The molecular weight excluding hydrogens is 741 g/mol. The van der Waals surface area contributed by atoms with Gasteiger partial charge in [0.15, 0.2) is 0 Å². The summed E-state index contributed by atoms with van der Waals surface area (Å²) < 4.78 is 94.6. The van der Waals surface area contributed by atoms with Crippen molar-refractivity contribution in [1.82, 2.24) is 0 Å². The number of rotatable bonds is 11. The second-order valence-electron chi connectivity index (χ2n) is 12.3. The number of nitro groups is 1. The monoisotopic (exact) mass is 776 g/mol. The number of ether oxygens (including phenoxy) is 4.